The molecule has 0 bridgehead atoms. The van der Waals surface area contributed by atoms with Gasteiger partial charge >= 0.3 is 0 Å². The lowest BCUT2D eigenvalue weighted by Gasteiger charge is -2.39. The molecule has 2 aliphatic rings. The van der Waals surface area contributed by atoms with E-state index in [0.29, 0.717) is 18.8 Å². The van der Waals surface area contributed by atoms with Gasteiger partial charge in [-0.3, -0.25) is 19.5 Å². The van der Waals surface area contributed by atoms with Crippen molar-refractivity contribution in [3.63, 3.8) is 0 Å². The van der Waals surface area contributed by atoms with Gasteiger partial charge in [0.15, 0.2) is 0 Å². The monoisotopic (exact) mass is 379 g/mol. The van der Waals surface area contributed by atoms with Gasteiger partial charge in [0.05, 0.1) is 6.04 Å². The predicted molar refractivity (Wildman–Crippen MR) is 109 cm³/mol. The third-order valence-electron chi connectivity index (χ3n) is 5.29. The number of nitrogens with one attached hydrogen (secondary N) is 2. The van der Waals surface area contributed by atoms with Crippen molar-refractivity contribution in [3.8, 4) is 11.1 Å². The first-order chi connectivity index (χ1) is 13.7. The third-order valence-corrected chi connectivity index (χ3v) is 5.29. The van der Waals surface area contributed by atoms with E-state index in [1.54, 1.807) is 29.6 Å². The molecule has 1 amide bonds. The summed E-state index contributed by atoms with van der Waals surface area (Å²) in [6, 6.07) is 5.73. The fourth-order valence-electron chi connectivity index (χ4n) is 3.64. The van der Waals surface area contributed by atoms with Crippen LogP contribution in [0, 0.1) is 0 Å². The fraction of sp³-hybridized carbons (Fsp3) is 0.381. The van der Waals surface area contributed by atoms with Gasteiger partial charge in [0.2, 0.25) is 5.91 Å². The molecule has 4 rings (SSSR count). The SMILES string of the molecule is O=C(/C=C/CN1CCCC1)N1CC(Nc2cc(-c3ccncc3)c[nH]c2=O)C1. The zero-order chi connectivity index (χ0) is 19.3. The Morgan fingerprint density at radius 1 is 1.21 bits per heavy atom. The van der Waals surface area contributed by atoms with Crippen molar-refractivity contribution in [2.45, 2.75) is 18.9 Å². The molecule has 7 heteroatoms. The molecule has 28 heavy (non-hydrogen) atoms. The van der Waals surface area contributed by atoms with Crippen LogP contribution in [-0.4, -0.2) is 64.4 Å². The molecule has 2 aromatic rings. The van der Waals surface area contributed by atoms with Crippen LogP contribution in [0.5, 0.6) is 0 Å². The normalized spacial score (nSPS) is 17.8. The highest BCUT2D eigenvalue weighted by atomic mass is 16.2. The molecule has 2 N–H and O–H groups in total. The second-order valence-electron chi connectivity index (χ2n) is 7.36. The van der Waals surface area contributed by atoms with Crippen molar-refractivity contribution in [3.05, 3.63) is 59.3 Å². The molecule has 2 aliphatic heterocycles. The number of H-pyrrole nitrogens is 1. The van der Waals surface area contributed by atoms with Crippen LogP contribution in [0.15, 0.2) is 53.7 Å². The first kappa shape index (κ1) is 18.4. The highest BCUT2D eigenvalue weighted by molar-refractivity contribution is 5.88. The summed E-state index contributed by atoms with van der Waals surface area (Å²) in [6.45, 7) is 4.30. The van der Waals surface area contributed by atoms with Crippen molar-refractivity contribution >= 4 is 11.6 Å². The summed E-state index contributed by atoms with van der Waals surface area (Å²) in [7, 11) is 0. The molecule has 0 saturated carbocycles. The second kappa shape index (κ2) is 8.39. The molecule has 0 radical (unpaired) electrons. The molecule has 0 aliphatic carbocycles. The third kappa shape index (κ3) is 4.31. The minimum atomic E-state index is -0.159. The minimum absolute atomic E-state index is 0.0386. The summed E-state index contributed by atoms with van der Waals surface area (Å²) >= 11 is 0. The summed E-state index contributed by atoms with van der Waals surface area (Å²) in [6.07, 6.45) is 11.3. The highest BCUT2D eigenvalue weighted by Gasteiger charge is 2.29. The lowest BCUT2D eigenvalue weighted by Crippen LogP contribution is -2.57. The quantitative estimate of drug-likeness (QED) is 0.747. The van der Waals surface area contributed by atoms with Crippen LogP contribution in [0.25, 0.3) is 11.1 Å². The molecule has 7 nitrogen and oxygen atoms in total. The minimum Gasteiger partial charge on any atom is -0.374 e. The molecule has 2 saturated heterocycles. The summed E-state index contributed by atoms with van der Waals surface area (Å²) < 4.78 is 0. The van der Waals surface area contributed by atoms with Crippen LogP contribution in [0.4, 0.5) is 5.69 Å². The number of hydrogen-bond donors (Lipinski definition) is 2. The molecule has 0 spiro atoms. The van der Waals surface area contributed by atoms with E-state index in [9.17, 15) is 9.59 Å². The molecule has 0 atom stereocenters. The molecule has 146 valence electrons. The summed E-state index contributed by atoms with van der Waals surface area (Å²) in [4.78, 5) is 35.3. The molecule has 4 heterocycles. The van der Waals surface area contributed by atoms with Crippen LogP contribution >= 0.6 is 0 Å². The number of aromatic amines is 1. The number of rotatable bonds is 6. The molecule has 0 aromatic carbocycles. The van der Waals surface area contributed by atoms with E-state index in [2.05, 4.69) is 20.2 Å². The Morgan fingerprint density at radius 2 is 1.96 bits per heavy atom. The van der Waals surface area contributed by atoms with Crippen molar-refractivity contribution in [2.75, 3.05) is 38.0 Å². The lowest BCUT2D eigenvalue weighted by molar-refractivity contribution is -0.129. The van der Waals surface area contributed by atoms with Crippen LogP contribution in [-0.2, 0) is 4.79 Å². The number of nitrogens with zero attached hydrogens (tertiary/aromatic N) is 3. The topological polar surface area (TPSA) is 81.3 Å². The van der Waals surface area contributed by atoms with E-state index >= 15 is 0 Å². The Bertz CT molecular complexity index is 897. The van der Waals surface area contributed by atoms with Gasteiger partial charge in [-0.1, -0.05) is 6.08 Å². The smallest absolute Gasteiger partial charge is 0.271 e. The molecular weight excluding hydrogens is 354 g/mol. The largest absolute Gasteiger partial charge is 0.374 e. The van der Waals surface area contributed by atoms with E-state index in [-0.39, 0.29) is 17.5 Å². The van der Waals surface area contributed by atoms with Gasteiger partial charge in [-0.05, 0) is 49.7 Å². The maximum Gasteiger partial charge on any atom is 0.271 e. The summed E-state index contributed by atoms with van der Waals surface area (Å²) in [5.74, 6) is 0.0386. The molecule has 0 unspecified atom stereocenters. The van der Waals surface area contributed by atoms with Gasteiger partial charge in [-0.15, -0.1) is 0 Å². The van der Waals surface area contributed by atoms with Crippen molar-refractivity contribution in [1.82, 2.24) is 19.8 Å². The number of hydrogen-bond acceptors (Lipinski definition) is 5. The zero-order valence-corrected chi connectivity index (χ0v) is 15.8. The van der Waals surface area contributed by atoms with Crippen LogP contribution in [0.2, 0.25) is 0 Å². The first-order valence-electron chi connectivity index (χ1n) is 9.76. The van der Waals surface area contributed by atoms with E-state index in [0.717, 1.165) is 30.8 Å². The highest BCUT2D eigenvalue weighted by Crippen LogP contribution is 2.20. The molecule has 2 aromatic heterocycles. The van der Waals surface area contributed by atoms with Gasteiger partial charge in [-0.2, -0.15) is 0 Å². The number of carbonyl (C=O) groups excluding carboxylic acids is 1. The predicted octanol–water partition coefficient (Wildman–Crippen LogP) is 1.71. The van der Waals surface area contributed by atoms with Crippen LogP contribution in [0.3, 0.4) is 0 Å². The maximum absolute atomic E-state index is 12.2. The number of amides is 1. The van der Waals surface area contributed by atoms with Crippen LogP contribution in [0.1, 0.15) is 12.8 Å². The Labute approximate surface area is 164 Å². The second-order valence-corrected chi connectivity index (χ2v) is 7.36. The lowest BCUT2D eigenvalue weighted by atomic mass is 10.1. The number of anilines is 1. The van der Waals surface area contributed by atoms with Gasteiger partial charge in [-0.25, -0.2) is 0 Å². The Balaban J connectivity index is 1.30. The van der Waals surface area contributed by atoms with Gasteiger partial charge < -0.3 is 15.2 Å². The average Bonchev–Trinajstić information content (AvgIpc) is 3.19. The maximum atomic E-state index is 12.2. The van der Waals surface area contributed by atoms with Gasteiger partial charge in [0.1, 0.15) is 5.69 Å². The number of likely N-dealkylation sites (tertiary alicyclic amines) is 2. The van der Waals surface area contributed by atoms with E-state index < -0.39 is 0 Å². The number of carbonyl (C=O) groups is 1. The van der Waals surface area contributed by atoms with Crippen molar-refractivity contribution in [1.29, 1.82) is 0 Å². The summed E-state index contributed by atoms with van der Waals surface area (Å²) in [5, 5.41) is 3.26. The Hall–Kier alpha value is -2.93. The first-order valence-corrected chi connectivity index (χ1v) is 9.76. The van der Waals surface area contributed by atoms with Crippen molar-refractivity contribution < 1.29 is 4.79 Å². The molecular formula is C21H25N5O2. The summed E-state index contributed by atoms with van der Waals surface area (Å²) in [5.41, 5.74) is 2.27. The molecule has 2 fully saturated rings. The fourth-order valence-corrected chi connectivity index (χ4v) is 3.64. The number of pyridine rings is 2. The van der Waals surface area contributed by atoms with E-state index in [1.165, 1.54) is 12.8 Å². The zero-order valence-electron chi connectivity index (χ0n) is 15.8. The Morgan fingerprint density at radius 3 is 2.71 bits per heavy atom. The van der Waals surface area contributed by atoms with Crippen LogP contribution < -0.4 is 10.9 Å². The van der Waals surface area contributed by atoms with Crippen molar-refractivity contribution in [2.24, 2.45) is 0 Å². The van der Waals surface area contributed by atoms with Gasteiger partial charge in [0, 0.05) is 49.9 Å². The van der Waals surface area contributed by atoms with E-state index in [4.69, 9.17) is 0 Å². The average molecular weight is 379 g/mol. The van der Waals surface area contributed by atoms with E-state index in [1.807, 2.05) is 24.3 Å². The standard InChI is InChI=1S/C21H25N5O2/c27-20(4-3-11-25-9-1-2-10-25)26-14-18(15-26)24-19-12-17(13-23-21(19)28)16-5-7-22-8-6-16/h3-8,12-13,18,24H,1-2,9-11,14-15H2,(H,23,28)/b4-3+. The number of aromatic nitrogens is 2. The Kier molecular flexibility index (Phi) is 5.53. The van der Waals surface area contributed by atoms with Gasteiger partial charge in [0.25, 0.3) is 5.56 Å².